The largest absolute Gasteiger partial charge is 0.352 e. The fraction of sp³-hybridized carbons (Fsp3) is 0.105. The number of amides is 1. The maximum atomic E-state index is 12.5. The van der Waals surface area contributed by atoms with Crippen LogP contribution in [0.5, 0.6) is 0 Å². The number of hydrogen-bond acceptors (Lipinski definition) is 4. The molecule has 0 atom stereocenters. The zero-order valence-corrected chi connectivity index (χ0v) is 14.1. The molecule has 0 radical (unpaired) electrons. The van der Waals surface area contributed by atoms with Gasteiger partial charge in [-0.05, 0) is 35.6 Å². The van der Waals surface area contributed by atoms with Gasteiger partial charge in [0.15, 0.2) is 0 Å². The third-order valence-electron chi connectivity index (χ3n) is 4.02. The van der Waals surface area contributed by atoms with Crippen LogP contribution in [0.4, 0.5) is 0 Å². The Morgan fingerprint density at radius 3 is 2.80 bits per heavy atom. The Bertz CT molecular complexity index is 1120. The Morgan fingerprint density at radius 1 is 1.12 bits per heavy atom. The zero-order valence-electron chi connectivity index (χ0n) is 13.3. The number of nitrogens with zero attached hydrogens (tertiary/aromatic N) is 2. The molecule has 4 aromatic rings. The minimum Gasteiger partial charge on any atom is -0.352 e. The number of carbonyl (C=O) groups is 1. The van der Waals surface area contributed by atoms with Crippen molar-refractivity contribution in [1.82, 2.24) is 14.7 Å². The number of carbonyl (C=O) groups excluding carboxylic acids is 1. The summed E-state index contributed by atoms with van der Waals surface area (Å²) in [6, 6.07) is 15.2. The molecule has 1 amide bonds. The van der Waals surface area contributed by atoms with E-state index in [1.165, 1.54) is 21.3 Å². The summed E-state index contributed by atoms with van der Waals surface area (Å²) in [7, 11) is 0. The van der Waals surface area contributed by atoms with Gasteiger partial charge >= 0.3 is 0 Å². The van der Waals surface area contributed by atoms with Gasteiger partial charge in [-0.15, -0.1) is 11.3 Å². The quantitative estimate of drug-likeness (QED) is 0.616. The first kappa shape index (κ1) is 15.5. The molecule has 0 saturated carbocycles. The Balaban J connectivity index is 1.56. The van der Waals surface area contributed by atoms with Crippen molar-refractivity contribution in [3.8, 4) is 0 Å². The molecule has 0 aliphatic carbocycles. The fourth-order valence-electron chi connectivity index (χ4n) is 2.73. The van der Waals surface area contributed by atoms with Gasteiger partial charge in [-0.2, -0.15) is 0 Å². The highest BCUT2D eigenvalue weighted by Gasteiger charge is 2.10. The average Bonchev–Trinajstić information content (AvgIpc) is 3.11. The van der Waals surface area contributed by atoms with Crippen molar-refractivity contribution in [3.05, 3.63) is 81.6 Å². The first-order chi connectivity index (χ1) is 12.2. The number of pyridine rings is 1. The van der Waals surface area contributed by atoms with Gasteiger partial charge in [0.2, 0.25) is 0 Å². The van der Waals surface area contributed by atoms with E-state index in [2.05, 4.69) is 10.3 Å². The van der Waals surface area contributed by atoms with E-state index < -0.39 is 0 Å². The van der Waals surface area contributed by atoms with E-state index in [9.17, 15) is 9.59 Å². The van der Waals surface area contributed by atoms with E-state index in [0.29, 0.717) is 28.0 Å². The van der Waals surface area contributed by atoms with E-state index in [1.54, 1.807) is 18.3 Å². The highest BCUT2D eigenvalue weighted by molar-refractivity contribution is 7.17. The summed E-state index contributed by atoms with van der Waals surface area (Å²) >= 11 is 1.36. The molecule has 1 N–H and O–H groups in total. The molecule has 5 nitrogen and oxygen atoms in total. The number of aromatic nitrogens is 2. The van der Waals surface area contributed by atoms with Crippen LogP contribution in [0.15, 0.2) is 64.9 Å². The lowest BCUT2D eigenvalue weighted by Crippen LogP contribution is -2.26. The lowest BCUT2D eigenvalue weighted by Gasteiger charge is -2.07. The Kier molecular flexibility index (Phi) is 4.03. The van der Waals surface area contributed by atoms with Gasteiger partial charge in [0, 0.05) is 12.7 Å². The van der Waals surface area contributed by atoms with Gasteiger partial charge in [0.1, 0.15) is 10.3 Å². The van der Waals surface area contributed by atoms with Crippen LogP contribution in [0.2, 0.25) is 0 Å². The normalized spacial score (nSPS) is 11.0. The molecule has 4 rings (SSSR count). The SMILES string of the molecule is O=C(NCCc1ccccc1)c1ccc2nc3ccsc3c(=O)n2c1. The van der Waals surface area contributed by atoms with E-state index in [-0.39, 0.29) is 11.5 Å². The van der Waals surface area contributed by atoms with Crippen molar-refractivity contribution in [3.63, 3.8) is 0 Å². The van der Waals surface area contributed by atoms with Crippen LogP contribution in [0.25, 0.3) is 15.9 Å². The fourth-order valence-corrected chi connectivity index (χ4v) is 3.50. The minimum atomic E-state index is -0.198. The second-order valence-corrected chi connectivity index (χ2v) is 6.61. The Hall–Kier alpha value is -2.99. The first-order valence-corrected chi connectivity index (χ1v) is 8.82. The molecule has 0 saturated heterocycles. The summed E-state index contributed by atoms with van der Waals surface area (Å²) in [5.74, 6) is -0.198. The highest BCUT2D eigenvalue weighted by Crippen LogP contribution is 2.15. The van der Waals surface area contributed by atoms with Crippen LogP contribution in [0, 0.1) is 0 Å². The predicted molar refractivity (Wildman–Crippen MR) is 99.3 cm³/mol. The van der Waals surface area contributed by atoms with Crippen LogP contribution in [0.1, 0.15) is 15.9 Å². The van der Waals surface area contributed by atoms with Crippen molar-refractivity contribution < 1.29 is 4.79 Å². The molecule has 0 aliphatic heterocycles. The molecule has 25 heavy (non-hydrogen) atoms. The highest BCUT2D eigenvalue weighted by atomic mass is 32.1. The van der Waals surface area contributed by atoms with E-state index in [4.69, 9.17) is 0 Å². The first-order valence-electron chi connectivity index (χ1n) is 7.94. The van der Waals surface area contributed by atoms with Crippen molar-refractivity contribution in [2.75, 3.05) is 6.54 Å². The number of thiophene rings is 1. The molecule has 3 heterocycles. The summed E-state index contributed by atoms with van der Waals surface area (Å²) in [6.07, 6.45) is 2.32. The van der Waals surface area contributed by atoms with E-state index in [0.717, 1.165) is 6.42 Å². The number of rotatable bonds is 4. The molecule has 1 aromatic carbocycles. The smallest absolute Gasteiger partial charge is 0.275 e. The van der Waals surface area contributed by atoms with Crippen molar-refractivity contribution in [1.29, 1.82) is 0 Å². The van der Waals surface area contributed by atoms with Gasteiger partial charge in [-0.25, -0.2) is 4.98 Å². The number of nitrogens with one attached hydrogen (secondary N) is 1. The minimum absolute atomic E-state index is 0.145. The van der Waals surface area contributed by atoms with Crippen LogP contribution < -0.4 is 10.9 Å². The molecule has 0 spiro atoms. The van der Waals surface area contributed by atoms with Crippen molar-refractivity contribution in [2.45, 2.75) is 6.42 Å². The Labute approximate surface area is 147 Å². The second kappa shape index (κ2) is 6.49. The average molecular weight is 349 g/mol. The molecular weight excluding hydrogens is 334 g/mol. The lowest BCUT2D eigenvalue weighted by molar-refractivity contribution is 0.0953. The molecule has 0 bridgehead atoms. The molecule has 0 unspecified atom stereocenters. The van der Waals surface area contributed by atoms with Crippen molar-refractivity contribution in [2.24, 2.45) is 0 Å². The summed E-state index contributed by atoms with van der Waals surface area (Å²) in [5, 5.41) is 4.73. The summed E-state index contributed by atoms with van der Waals surface area (Å²) in [4.78, 5) is 29.3. The predicted octanol–water partition coefficient (Wildman–Crippen LogP) is 2.88. The molecule has 0 aliphatic rings. The Morgan fingerprint density at radius 2 is 1.96 bits per heavy atom. The third-order valence-corrected chi connectivity index (χ3v) is 4.92. The number of fused-ring (bicyclic) bond motifs is 2. The summed E-state index contributed by atoms with van der Waals surface area (Å²) in [5.41, 5.74) is 2.70. The summed E-state index contributed by atoms with van der Waals surface area (Å²) < 4.78 is 2.03. The van der Waals surface area contributed by atoms with Gasteiger partial charge in [0.05, 0.1) is 11.1 Å². The maximum Gasteiger partial charge on any atom is 0.275 e. The molecule has 124 valence electrons. The number of hydrogen-bond donors (Lipinski definition) is 1. The van der Waals surface area contributed by atoms with E-state index in [1.807, 2.05) is 41.8 Å². The number of benzene rings is 1. The van der Waals surface area contributed by atoms with Crippen LogP contribution >= 0.6 is 11.3 Å². The van der Waals surface area contributed by atoms with Crippen molar-refractivity contribution >= 4 is 33.1 Å². The molecular formula is C19H15N3O2S. The van der Waals surface area contributed by atoms with Gasteiger partial charge in [0.25, 0.3) is 11.5 Å². The standard InChI is InChI=1S/C19H15N3O2S/c23-18(20-10-8-13-4-2-1-3-5-13)14-6-7-16-21-15-9-11-25-17(15)19(24)22(16)12-14/h1-7,9,11-12H,8,10H2,(H,20,23). The summed E-state index contributed by atoms with van der Waals surface area (Å²) in [6.45, 7) is 0.540. The van der Waals surface area contributed by atoms with E-state index >= 15 is 0 Å². The van der Waals surface area contributed by atoms with Gasteiger partial charge in [-0.3, -0.25) is 14.0 Å². The van der Waals surface area contributed by atoms with Crippen LogP contribution in [-0.2, 0) is 6.42 Å². The maximum absolute atomic E-state index is 12.5. The van der Waals surface area contributed by atoms with Crippen LogP contribution in [-0.4, -0.2) is 21.8 Å². The van der Waals surface area contributed by atoms with Gasteiger partial charge < -0.3 is 5.32 Å². The molecule has 0 fully saturated rings. The monoisotopic (exact) mass is 349 g/mol. The topological polar surface area (TPSA) is 63.5 Å². The zero-order chi connectivity index (χ0) is 17.2. The molecule has 3 aromatic heterocycles. The second-order valence-electron chi connectivity index (χ2n) is 5.69. The third kappa shape index (κ3) is 3.04. The van der Waals surface area contributed by atoms with Gasteiger partial charge in [-0.1, -0.05) is 30.3 Å². The lowest BCUT2D eigenvalue weighted by atomic mass is 10.1. The van der Waals surface area contributed by atoms with Crippen LogP contribution in [0.3, 0.4) is 0 Å². The molecule has 6 heteroatoms.